The Morgan fingerprint density at radius 2 is 2.17 bits per heavy atom. The van der Waals surface area contributed by atoms with E-state index >= 15 is 0 Å². The highest BCUT2D eigenvalue weighted by Crippen LogP contribution is 2.33. The lowest BCUT2D eigenvalue weighted by atomic mass is 10.2. The number of halogens is 1. The standard InChI is InChI=1S/C13H19ClN2O2/c1-17-12-5-7-15-11(13(12)18-2)9-16(8-6-14)10-3-4-10/h5,7,10H,3-4,6,8-9H2,1-2H3. The molecule has 4 nitrogen and oxygen atoms in total. The van der Waals surface area contributed by atoms with E-state index < -0.39 is 0 Å². The van der Waals surface area contributed by atoms with E-state index in [2.05, 4.69) is 9.88 Å². The number of rotatable bonds is 7. The molecule has 5 heteroatoms. The van der Waals surface area contributed by atoms with Crippen molar-refractivity contribution in [2.75, 3.05) is 26.6 Å². The number of hydrogen-bond donors (Lipinski definition) is 0. The molecular weight excluding hydrogens is 252 g/mol. The molecular formula is C13H19ClN2O2. The lowest BCUT2D eigenvalue weighted by Crippen LogP contribution is -2.28. The number of pyridine rings is 1. The third kappa shape index (κ3) is 3.06. The molecule has 0 N–H and O–H groups in total. The molecule has 0 radical (unpaired) electrons. The van der Waals surface area contributed by atoms with Gasteiger partial charge in [0.2, 0.25) is 0 Å². The number of aromatic nitrogens is 1. The third-order valence-electron chi connectivity index (χ3n) is 3.15. The summed E-state index contributed by atoms with van der Waals surface area (Å²) in [5.41, 5.74) is 0.911. The number of ether oxygens (including phenoxy) is 2. The number of methoxy groups -OCH3 is 2. The predicted octanol–water partition coefficient (Wildman–Crippen LogP) is 2.30. The van der Waals surface area contributed by atoms with Crippen LogP contribution in [0.15, 0.2) is 12.3 Å². The second kappa shape index (κ2) is 6.25. The van der Waals surface area contributed by atoms with Crippen LogP contribution in [0.3, 0.4) is 0 Å². The van der Waals surface area contributed by atoms with Crippen molar-refractivity contribution in [2.45, 2.75) is 25.4 Å². The lowest BCUT2D eigenvalue weighted by Gasteiger charge is -2.21. The van der Waals surface area contributed by atoms with Crippen LogP contribution < -0.4 is 9.47 Å². The molecule has 1 heterocycles. The summed E-state index contributed by atoms with van der Waals surface area (Å²) in [7, 11) is 3.28. The van der Waals surface area contributed by atoms with Gasteiger partial charge in [-0.25, -0.2) is 0 Å². The summed E-state index contributed by atoms with van der Waals surface area (Å²) in [6.07, 6.45) is 4.26. The van der Waals surface area contributed by atoms with Gasteiger partial charge in [0.15, 0.2) is 11.5 Å². The Labute approximate surface area is 113 Å². The predicted molar refractivity (Wildman–Crippen MR) is 71.5 cm³/mol. The molecule has 0 aromatic carbocycles. The Morgan fingerprint density at radius 1 is 1.39 bits per heavy atom. The summed E-state index contributed by atoms with van der Waals surface area (Å²) < 4.78 is 10.7. The van der Waals surface area contributed by atoms with E-state index in [0.29, 0.717) is 11.9 Å². The first kappa shape index (κ1) is 13.4. The van der Waals surface area contributed by atoms with E-state index in [0.717, 1.165) is 30.3 Å². The van der Waals surface area contributed by atoms with E-state index in [-0.39, 0.29) is 0 Å². The second-order valence-electron chi connectivity index (χ2n) is 4.38. The quantitative estimate of drug-likeness (QED) is 0.712. The molecule has 100 valence electrons. The molecule has 1 aromatic rings. The van der Waals surface area contributed by atoms with Crippen LogP contribution in [0.25, 0.3) is 0 Å². The van der Waals surface area contributed by atoms with E-state index in [1.54, 1.807) is 20.4 Å². The molecule has 1 saturated carbocycles. The minimum absolute atomic E-state index is 0.642. The largest absolute Gasteiger partial charge is 0.493 e. The van der Waals surface area contributed by atoms with E-state index in [9.17, 15) is 0 Å². The molecule has 0 atom stereocenters. The van der Waals surface area contributed by atoms with Gasteiger partial charge in [0, 0.05) is 37.3 Å². The fourth-order valence-corrected chi connectivity index (χ4v) is 2.31. The lowest BCUT2D eigenvalue weighted by molar-refractivity contribution is 0.259. The first-order chi connectivity index (χ1) is 8.80. The third-order valence-corrected chi connectivity index (χ3v) is 3.32. The van der Waals surface area contributed by atoms with Gasteiger partial charge >= 0.3 is 0 Å². The molecule has 0 amide bonds. The van der Waals surface area contributed by atoms with Crippen LogP contribution in [0, 0.1) is 0 Å². The van der Waals surface area contributed by atoms with Gasteiger partial charge in [0.1, 0.15) is 5.69 Å². The Morgan fingerprint density at radius 3 is 2.72 bits per heavy atom. The smallest absolute Gasteiger partial charge is 0.183 e. The molecule has 18 heavy (non-hydrogen) atoms. The molecule has 0 unspecified atom stereocenters. The van der Waals surface area contributed by atoms with Crippen molar-refractivity contribution in [1.82, 2.24) is 9.88 Å². The highest BCUT2D eigenvalue weighted by atomic mass is 35.5. The SMILES string of the molecule is COc1ccnc(CN(CCCl)C2CC2)c1OC. The molecule has 0 aliphatic heterocycles. The van der Waals surface area contributed by atoms with Crippen molar-refractivity contribution in [3.63, 3.8) is 0 Å². The van der Waals surface area contributed by atoms with Crippen LogP contribution in [0.1, 0.15) is 18.5 Å². The summed E-state index contributed by atoms with van der Waals surface area (Å²) in [6, 6.07) is 2.46. The molecule has 1 aliphatic carbocycles. The van der Waals surface area contributed by atoms with Crippen LogP contribution in [-0.4, -0.2) is 42.6 Å². The molecule has 1 aromatic heterocycles. The van der Waals surface area contributed by atoms with E-state index in [1.807, 2.05) is 6.07 Å². The van der Waals surface area contributed by atoms with E-state index in [4.69, 9.17) is 21.1 Å². The normalized spacial score (nSPS) is 14.9. The number of hydrogen-bond acceptors (Lipinski definition) is 4. The molecule has 0 spiro atoms. The van der Waals surface area contributed by atoms with Crippen molar-refractivity contribution in [2.24, 2.45) is 0 Å². The van der Waals surface area contributed by atoms with Gasteiger partial charge in [0.25, 0.3) is 0 Å². The van der Waals surface area contributed by atoms with Crippen molar-refractivity contribution in [3.05, 3.63) is 18.0 Å². The minimum atomic E-state index is 0.642. The first-order valence-corrected chi connectivity index (χ1v) is 6.69. The number of alkyl halides is 1. The highest BCUT2D eigenvalue weighted by molar-refractivity contribution is 6.18. The fourth-order valence-electron chi connectivity index (χ4n) is 2.09. The van der Waals surface area contributed by atoms with Gasteiger partial charge in [-0.1, -0.05) is 0 Å². The zero-order valence-corrected chi connectivity index (χ0v) is 11.6. The Bertz CT molecular complexity index is 397. The summed E-state index contributed by atoms with van der Waals surface area (Å²) in [5, 5.41) is 0. The van der Waals surface area contributed by atoms with Crippen molar-refractivity contribution in [1.29, 1.82) is 0 Å². The zero-order valence-electron chi connectivity index (χ0n) is 10.9. The maximum atomic E-state index is 5.85. The average molecular weight is 271 g/mol. The first-order valence-electron chi connectivity index (χ1n) is 6.16. The van der Waals surface area contributed by atoms with Crippen LogP contribution in [-0.2, 0) is 6.54 Å². The van der Waals surface area contributed by atoms with Gasteiger partial charge in [0.05, 0.1) is 14.2 Å². The van der Waals surface area contributed by atoms with Crippen molar-refractivity contribution in [3.8, 4) is 11.5 Å². The zero-order chi connectivity index (χ0) is 13.0. The van der Waals surface area contributed by atoms with Crippen LogP contribution in [0.2, 0.25) is 0 Å². The Hall–Kier alpha value is -1.00. The molecule has 0 bridgehead atoms. The summed E-state index contributed by atoms with van der Waals surface area (Å²) in [4.78, 5) is 6.76. The minimum Gasteiger partial charge on any atom is -0.493 e. The average Bonchev–Trinajstić information content (AvgIpc) is 3.22. The Balaban J connectivity index is 2.16. The van der Waals surface area contributed by atoms with Gasteiger partial charge in [-0.15, -0.1) is 11.6 Å². The molecule has 1 fully saturated rings. The summed E-state index contributed by atoms with van der Waals surface area (Å²) >= 11 is 5.85. The van der Waals surface area contributed by atoms with Crippen LogP contribution >= 0.6 is 11.6 Å². The van der Waals surface area contributed by atoms with E-state index in [1.165, 1.54) is 12.8 Å². The highest BCUT2D eigenvalue weighted by Gasteiger charge is 2.29. The Kier molecular flexibility index (Phi) is 4.66. The monoisotopic (exact) mass is 270 g/mol. The van der Waals surface area contributed by atoms with Gasteiger partial charge < -0.3 is 9.47 Å². The molecule has 0 saturated heterocycles. The van der Waals surface area contributed by atoms with Crippen LogP contribution in [0.4, 0.5) is 0 Å². The van der Waals surface area contributed by atoms with Crippen LogP contribution in [0.5, 0.6) is 11.5 Å². The maximum Gasteiger partial charge on any atom is 0.183 e. The summed E-state index contributed by atoms with van der Waals surface area (Å²) in [5.74, 6) is 2.09. The fraction of sp³-hybridized carbons (Fsp3) is 0.615. The molecule has 1 aliphatic rings. The summed E-state index contributed by atoms with van der Waals surface area (Å²) in [6.45, 7) is 1.64. The van der Waals surface area contributed by atoms with Gasteiger partial charge in [-0.3, -0.25) is 9.88 Å². The maximum absolute atomic E-state index is 5.85. The number of nitrogens with zero attached hydrogens (tertiary/aromatic N) is 2. The topological polar surface area (TPSA) is 34.6 Å². The van der Waals surface area contributed by atoms with Crippen molar-refractivity contribution >= 4 is 11.6 Å². The second-order valence-corrected chi connectivity index (χ2v) is 4.76. The van der Waals surface area contributed by atoms with Gasteiger partial charge in [-0.2, -0.15) is 0 Å². The van der Waals surface area contributed by atoms with Gasteiger partial charge in [-0.05, 0) is 12.8 Å². The molecule has 2 rings (SSSR count). The van der Waals surface area contributed by atoms with Crippen molar-refractivity contribution < 1.29 is 9.47 Å².